The molecule has 0 aliphatic heterocycles. The molecule has 0 unspecified atom stereocenters. The van der Waals surface area contributed by atoms with Gasteiger partial charge in [0.15, 0.2) is 9.84 Å². The summed E-state index contributed by atoms with van der Waals surface area (Å²) in [6.45, 7) is 8.28. The van der Waals surface area contributed by atoms with E-state index < -0.39 is 17.9 Å². The first-order valence-electron chi connectivity index (χ1n) is 6.52. The van der Waals surface area contributed by atoms with E-state index in [4.69, 9.17) is 0 Å². The van der Waals surface area contributed by atoms with Gasteiger partial charge < -0.3 is 0 Å². The van der Waals surface area contributed by atoms with E-state index in [-0.39, 0.29) is 4.87 Å². The minimum atomic E-state index is -3.03. The van der Waals surface area contributed by atoms with Crippen molar-refractivity contribution in [2.24, 2.45) is 0 Å². The van der Waals surface area contributed by atoms with Crippen molar-refractivity contribution in [1.82, 2.24) is 0 Å². The Bertz CT molecular complexity index is 539. The maximum Gasteiger partial charge on any atom is 0.151 e. The fourth-order valence-electron chi connectivity index (χ4n) is 2.66. The van der Waals surface area contributed by atoms with Crippen LogP contribution in [0, 0.1) is 0 Å². The van der Waals surface area contributed by atoms with E-state index in [1.807, 2.05) is 25.1 Å². The SMILES string of the molecule is C/C(=C\Cc1ccccc1)[C@H]([Si](C)(C)C)S(C)(=O)=O. The number of hydrogen-bond donors (Lipinski definition) is 0. The Morgan fingerprint density at radius 1 is 1.21 bits per heavy atom. The first-order chi connectivity index (χ1) is 8.62. The van der Waals surface area contributed by atoms with Crippen LogP contribution in [0.4, 0.5) is 0 Å². The zero-order valence-corrected chi connectivity index (χ0v) is 14.3. The van der Waals surface area contributed by atoms with Gasteiger partial charge in [-0.05, 0) is 18.9 Å². The van der Waals surface area contributed by atoms with E-state index in [9.17, 15) is 8.42 Å². The average Bonchev–Trinajstić information content (AvgIpc) is 2.24. The second kappa shape index (κ2) is 6.05. The summed E-state index contributed by atoms with van der Waals surface area (Å²) in [5.41, 5.74) is 2.20. The topological polar surface area (TPSA) is 34.1 Å². The van der Waals surface area contributed by atoms with Gasteiger partial charge >= 0.3 is 0 Å². The third-order valence-electron chi connectivity index (χ3n) is 3.13. The van der Waals surface area contributed by atoms with Crippen molar-refractivity contribution in [2.45, 2.75) is 37.9 Å². The van der Waals surface area contributed by atoms with Crippen LogP contribution >= 0.6 is 0 Å². The molecule has 2 nitrogen and oxygen atoms in total. The number of hydrogen-bond acceptors (Lipinski definition) is 2. The molecule has 0 amide bonds. The lowest BCUT2D eigenvalue weighted by atomic mass is 10.1. The van der Waals surface area contributed by atoms with Gasteiger partial charge in [0.25, 0.3) is 0 Å². The van der Waals surface area contributed by atoms with Gasteiger partial charge in [-0.25, -0.2) is 8.42 Å². The van der Waals surface area contributed by atoms with Crippen LogP contribution in [0.15, 0.2) is 42.0 Å². The van der Waals surface area contributed by atoms with Gasteiger partial charge in [-0.1, -0.05) is 61.6 Å². The lowest BCUT2D eigenvalue weighted by molar-refractivity contribution is 0.600. The summed E-state index contributed by atoms with van der Waals surface area (Å²) < 4.78 is 24.0. The molecule has 1 aromatic carbocycles. The Labute approximate surface area is 118 Å². The van der Waals surface area contributed by atoms with Gasteiger partial charge in [-0.15, -0.1) is 0 Å². The molecule has 0 saturated carbocycles. The summed E-state index contributed by atoms with van der Waals surface area (Å²) in [7, 11) is -4.81. The predicted molar refractivity (Wildman–Crippen MR) is 85.9 cm³/mol. The molecular formula is C15H24O2SSi. The van der Waals surface area contributed by atoms with Crippen molar-refractivity contribution >= 4 is 17.9 Å². The average molecular weight is 297 g/mol. The molecule has 0 heterocycles. The van der Waals surface area contributed by atoms with E-state index in [0.29, 0.717) is 0 Å². The number of sulfone groups is 1. The van der Waals surface area contributed by atoms with Crippen LogP contribution in [-0.2, 0) is 16.3 Å². The molecule has 0 saturated heterocycles. The largest absolute Gasteiger partial charge is 0.229 e. The first-order valence-corrected chi connectivity index (χ1v) is 12.0. The van der Waals surface area contributed by atoms with Gasteiger partial charge in [0.1, 0.15) is 0 Å². The molecule has 1 rings (SSSR count). The van der Waals surface area contributed by atoms with Gasteiger partial charge in [0.2, 0.25) is 0 Å². The molecular weight excluding hydrogens is 272 g/mol. The molecule has 0 aromatic heterocycles. The molecule has 0 bridgehead atoms. The molecule has 1 atom stereocenters. The van der Waals surface area contributed by atoms with Crippen LogP contribution in [-0.4, -0.2) is 27.6 Å². The molecule has 0 aliphatic carbocycles. The highest BCUT2D eigenvalue weighted by Crippen LogP contribution is 2.23. The van der Waals surface area contributed by atoms with Crippen molar-refractivity contribution in [3.05, 3.63) is 47.5 Å². The van der Waals surface area contributed by atoms with E-state index in [1.54, 1.807) is 0 Å². The normalized spacial score (nSPS) is 15.3. The summed E-state index contributed by atoms with van der Waals surface area (Å²) in [6, 6.07) is 10.1. The van der Waals surface area contributed by atoms with Crippen LogP contribution in [0.1, 0.15) is 12.5 Å². The lowest BCUT2D eigenvalue weighted by Gasteiger charge is -2.28. The lowest BCUT2D eigenvalue weighted by Crippen LogP contribution is -2.44. The molecule has 0 N–H and O–H groups in total. The van der Waals surface area contributed by atoms with E-state index in [2.05, 4.69) is 37.8 Å². The van der Waals surface area contributed by atoms with Crippen molar-refractivity contribution in [3.8, 4) is 0 Å². The van der Waals surface area contributed by atoms with Crippen molar-refractivity contribution in [2.75, 3.05) is 6.26 Å². The summed E-state index contributed by atoms with van der Waals surface area (Å²) in [5, 5.41) is 0. The minimum absolute atomic E-state index is 0.288. The zero-order chi connectivity index (χ0) is 14.7. The zero-order valence-electron chi connectivity index (χ0n) is 12.5. The van der Waals surface area contributed by atoms with Gasteiger partial charge in [0, 0.05) is 6.26 Å². The Kier molecular flexibility index (Phi) is 5.16. The van der Waals surface area contributed by atoms with E-state index >= 15 is 0 Å². The Morgan fingerprint density at radius 3 is 2.16 bits per heavy atom. The Morgan fingerprint density at radius 2 is 1.74 bits per heavy atom. The maximum atomic E-state index is 12.0. The quantitative estimate of drug-likeness (QED) is 0.616. The molecule has 1 aromatic rings. The molecule has 4 heteroatoms. The molecule has 0 radical (unpaired) electrons. The van der Waals surface area contributed by atoms with Crippen molar-refractivity contribution < 1.29 is 8.42 Å². The van der Waals surface area contributed by atoms with Crippen molar-refractivity contribution in [1.29, 1.82) is 0 Å². The van der Waals surface area contributed by atoms with E-state index in [0.717, 1.165) is 12.0 Å². The number of allylic oxidation sites excluding steroid dienone is 1. The van der Waals surface area contributed by atoms with Crippen molar-refractivity contribution in [3.63, 3.8) is 0 Å². The highest BCUT2D eigenvalue weighted by atomic mass is 32.2. The second-order valence-electron chi connectivity index (χ2n) is 6.21. The Balaban J connectivity index is 2.99. The third kappa shape index (κ3) is 4.95. The fourth-order valence-corrected chi connectivity index (χ4v) is 10.1. The summed E-state index contributed by atoms with van der Waals surface area (Å²) in [4.78, 5) is -0.288. The van der Waals surface area contributed by atoms with Gasteiger partial charge in [0.05, 0.1) is 12.9 Å². The molecule has 0 aliphatic rings. The maximum absolute atomic E-state index is 12.0. The number of benzene rings is 1. The van der Waals surface area contributed by atoms with Crippen LogP contribution in [0.3, 0.4) is 0 Å². The fraction of sp³-hybridized carbons (Fsp3) is 0.467. The molecule has 0 spiro atoms. The molecule has 0 fully saturated rings. The van der Waals surface area contributed by atoms with Gasteiger partial charge in [-0.2, -0.15) is 0 Å². The summed E-state index contributed by atoms with van der Waals surface area (Å²) >= 11 is 0. The summed E-state index contributed by atoms with van der Waals surface area (Å²) in [5.74, 6) is 0. The second-order valence-corrected chi connectivity index (χ2v) is 14.1. The predicted octanol–water partition coefficient (Wildman–Crippen LogP) is 3.47. The van der Waals surface area contributed by atoms with Crippen LogP contribution < -0.4 is 0 Å². The Hall–Kier alpha value is -0.873. The first kappa shape index (κ1) is 16.2. The highest BCUT2D eigenvalue weighted by Gasteiger charge is 2.35. The van der Waals surface area contributed by atoms with Crippen LogP contribution in [0.25, 0.3) is 0 Å². The molecule has 106 valence electrons. The number of rotatable bonds is 5. The molecule has 19 heavy (non-hydrogen) atoms. The summed E-state index contributed by atoms with van der Waals surface area (Å²) in [6.07, 6.45) is 4.22. The van der Waals surface area contributed by atoms with Crippen LogP contribution in [0.2, 0.25) is 19.6 Å². The van der Waals surface area contributed by atoms with E-state index in [1.165, 1.54) is 11.8 Å². The monoisotopic (exact) mass is 296 g/mol. The minimum Gasteiger partial charge on any atom is -0.229 e. The third-order valence-corrected chi connectivity index (χ3v) is 9.79. The van der Waals surface area contributed by atoms with Crippen LogP contribution in [0.5, 0.6) is 0 Å². The highest BCUT2D eigenvalue weighted by molar-refractivity contribution is 7.93. The standard InChI is InChI=1S/C15H24O2SSi/c1-13(11-12-14-9-7-6-8-10-14)15(18(2,16)17)19(3,4)5/h6-11,15H,12H2,1-5H3/b13-11+/t15-/m0/s1. The smallest absolute Gasteiger partial charge is 0.151 e. The van der Waals surface area contributed by atoms with Gasteiger partial charge in [-0.3, -0.25) is 0 Å².